The van der Waals surface area contributed by atoms with Crippen molar-refractivity contribution in [3.63, 3.8) is 0 Å². The summed E-state index contributed by atoms with van der Waals surface area (Å²) in [5.74, 6) is 0.526. The molecule has 0 spiro atoms. The normalized spacial score (nSPS) is 18.2. The van der Waals surface area contributed by atoms with E-state index in [1.165, 1.54) is 11.3 Å². The predicted octanol–water partition coefficient (Wildman–Crippen LogP) is 2.54. The molecule has 21 heavy (non-hydrogen) atoms. The van der Waals surface area contributed by atoms with Gasteiger partial charge in [-0.15, -0.1) is 11.3 Å². The first-order chi connectivity index (χ1) is 10.2. The van der Waals surface area contributed by atoms with Crippen LogP contribution in [0.3, 0.4) is 0 Å². The fraction of sp³-hybridized carbons (Fsp3) is 0.375. The summed E-state index contributed by atoms with van der Waals surface area (Å²) in [4.78, 5) is 20.0. The Labute approximate surface area is 128 Å². The summed E-state index contributed by atoms with van der Waals surface area (Å²) in [5.41, 5.74) is 7.52. The van der Waals surface area contributed by atoms with Crippen molar-refractivity contribution < 1.29 is 4.79 Å². The minimum absolute atomic E-state index is 0.0930. The Hall–Kier alpha value is -1.72. The van der Waals surface area contributed by atoms with Gasteiger partial charge in [0.05, 0.1) is 10.7 Å². The van der Waals surface area contributed by atoms with E-state index in [9.17, 15) is 4.79 Å². The molecule has 0 bridgehead atoms. The molecule has 4 nitrogen and oxygen atoms in total. The lowest BCUT2D eigenvalue weighted by Crippen LogP contribution is -2.29. The Morgan fingerprint density at radius 2 is 2.19 bits per heavy atom. The quantitative estimate of drug-likeness (QED) is 0.947. The molecule has 2 aromatic rings. The fourth-order valence-electron chi connectivity index (χ4n) is 2.72. The van der Waals surface area contributed by atoms with Crippen molar-refractivity contribution in [2.24, 2.45) is 11.7 Å². The van der Waals surface area contributed by atoms with E-state index in [0.717, 1.165) is 40.7 Å². The van der Waals surface area contributed by atoms with Gasteiger partial charge in [-0.2, -0.15) is 0 Å². The minimum Gasteiger partial charge on any atom is -0.338 e. The van der Waals surface area contributed by atoms with Gasteiger partial charge < -0.3 is 10.6 Å². The predicted molar refractivity (Wildman–Crippen MR) is 85.4 cm³/mol. The van der Waals surface area contributed by atoms with Crippen LogP contribution in [0.25, 0.3) is 11.3 Å². The minimum atomic E-state index is 0.0930. The third-order valence-electron chi connectivity index (χ3n) is 3.88. The molecule has 1 aromatic heterocycles. The zero-order valence-electron chi connectivity index (χ0n) is 12.1. The van der Waals surface area contributed by atoms with Crippen LogP contribution in [-0.4, -0.2) is 35.4 Å². The van der Waals surface area contributed by atoms with Crippen LogP contribution in [0.5, 0.6) is 0 Å². The van der Waals surface area contributed by atoms with Gasteiger partial charge in [-0.05, 0) is 25.8 Å². The molecule has 110 valence electrons. The Morgan fingerprint density at radius 1 is 1.43 bits per heavy atom. The Balaban J connectivity index is 1.91. The third-order valence-corrected chi connectivity index (χ3v) is 4.84. The van der Waals surface area contributed by atoms with Gasteiger partial charge in [-0.1, -0.05) is 30.3 Å². The molecule has 0 radical (unpaired) electrons. The largest absolute Gasteiger partial charge is 0.338 e. The maximum absolute atomic E-state index is 12.8. The maximum Gasteiger partial charge on any atom is 0.266 e. The van der Waals surface area contributed by atoms with Crippen LogP contribution in [0.4, 0.5) is 0 Å². The highest BCUT2D eigenvalue weighted by molar-refractivity contribution is 7.14. The molecule has 1 aliphatic rings. The number of carbonyl (C=O) groups is 1. The van der Waals surface area contributed by atoms with E-state index in [1.54, 1.807) is 0 Å². The standard InChI is InChI=1S/C16H19N3OS/c1-11-18-14(13-5-3-2-4-6-13)15(21-11)16(20)19-8-7-12(9-17)10-19/h2-6,12H,7-10,17H2,1H3/t12-/m1/s1. The first-order valence-corrected chi connectivity index (χ1v) is 8.03. The number of rotatable bonds is 3. The molecule has 1 fully saturated rings. The van der Waals surface area contributed by atoms with E-state index >= 15 is 0 Å². The van der Waals surface area contributed by atoms with Crippen molar-refractivity contribution in [3.05, 3.63) is 40.2 Å². The molecule has 1 saturated heterocycles. The molecule has 1 aromatic carbocycles. The number of aromatic nitrogens is 1. The lowest BCUT2D eigenvalue weighted by atomic mass is 10.1. The maximum atomic E-state index is 12.8. The molecule has 0 aliphatic carbocycles. The highest BCUT2D eigenvalue weighted by Crippen LogP contribution is 2.30. The Bertz CT molecular complexity index is 638. The van der Waals surface area contributed by atoms with Crippen LogP contribution < -0.4 is 5.73 Å². The second kappa shape index (κ2) is 5.95. The van der Waals surface area contributed by atoms with Crippen LogP contribution >= 0.6 is 11.3 Å². The van der Waals surface area contributed by atoms with Crippen LogP contribution in [0.2, 0.25) is 0 Å². The summed E-state index contributed by atoms with van der Waals surface area (Å²) in [7, 11) is 0. The monoisotopic (exact) mass is 301 g/mol. The first kappa shape index (κ1) is 14.2. The molecule has 3 rings (SSSR count). The van der Waals surface area contributed by atoms with E-state index in [-0.39, 0.29) is 5.91 Å². The molecule has 5 heteroatoms. The summed E-state index contributed by atoms with van der Waals surface area (Å²) < 4.78 is 0. The van der Waals surface area contributed by atoms with Crippen LogP contribution in [0, 0.1) is 12.8 Å². The lowest BCUT2D eigenvalue weighted by molar-refractivity contribution is 0.0793. The van der Waals surface area contributed by atoms with Crippen molar-refractivity contribution in [1.29, 1.82) is 0 Å². The van der Waals surface area contributed by atoms with Crippen molar-refractivity contribution >= 4 is 17.2 Å². The van der Waals surface area contributed by atoms with E-state index < -0.39 is 0 Å². The topological polar surface area (TPSA) is 59.2 Å². The number of nitrogens with zero attached hydrogens (tertiary/aromatic N) is 2. The summed E-state index contributed by atoms with van der Waals surface area (Å²) in [6, 6.07) is 9.91. The van der Waals surface area contributed by atoms with Crippen LogP contribution in [0.1, 0.15) is 21.1 Å². The number of benzene rings is 1. The van der Waals surface area contributed by atoms with Crippen molar-refractivity contribution in [3.8, 4) is 11.3 Å². The van der Waals surface area contributed by atoms with Gasteiger partial charge in [0.15, 0.2) is 0 Å². The Kier molecular flexibility index (Phi) is 4.03. The summed E-state index contributed by atoms with van der Waals surface area (Å²) >= 11 is 1.48. The molecule has 2 heterocycles. The number of likely N-dealkylation sites (tertiary alicyclic amines) is 1. The lowest BCUT2D eigenvalue weighted by Gasteiger charge is -2.15. The molecule has 0 unspecified atom stereocenters. The number of amides is 1. The van der Waals surface area contributed by atoms with Gasteiger partial charge in [-0.25, -0.2) is 4.98 Å². The second-order valence-corrected chi connectivity index (χ2v) is 6.62. The van der Waals surface area contributed by atoms with Gasteiger partial charge in [0, 0.05) is 18.7 Å². The second-order valence-electron chi connectivity index (χ2n) is 5.42. The molecule has 1 atom stereocenters. The smallest absolute Gasteiger partial charge is 0.266 e. The van der Waals surface area contributed by atoms with Crippen LogP contribution in [-0.2, 0) is 0 Å². The third kappa shape index (κ3) is 2.84. The summed E-state index contributed by atoms with van der Waals surface area (Å²) in [6.07, 6.45) is 1.00. The van der Waals surface area contributed by atoms with Gasteiger partial charge in [0.2, 0.25) is 0 Å². The zero-order valence-corrected chi connectivity index (χ0v) is 12.9. The van der Waals surface area contributed by atoms with Gasteiger partial charge in [0.1, 0.15) is 4.88 Å². The van der Waals surface area contributed by atoms with Gasteiger partial charge in [0.25, 0.3) is 5.91 Å². The molecule has 0 saturated carbocycles. The summed E-state index contributed by atoms with van der Waals surface area (Å²) in [6.45, 7) is 4.16. The zero-order chi connectivity index (χ0) is 14.8. The van der Waals surface area contributed by atoms with Gasteiger partial charge >= 0.3 is 0 Å². The Morgan fingerprint density at radius 3 is 2.86 bits per heavy atom. The number of thiazole rings is 1. The molecule has 1 amide bonds. The van der Waals surface area contributed by atoms with Gasteiger partial charge in [-0.3, -0.25) is 4.79 Å². The first-order valence-electron chi connectivity index (χ1n) is 7.21. The molecular weight excluding hydrogens is 282 g/mol. The fourth-order valence-corrected chi connectivity index (χ4v) is 3.63. The van der Waals surface area contributed by atoms with E-state index in [0.29, 0.717) is 12.5 Å². The van der Waals surface area contributed by atoms with Crippen LogP contribution in [0.15, 0.2) is 30.3 Å². The number of hydrogen-bond acceptors (Lipinski definition) is 4. The number of nitrogens with two attached hydrogens (primary N) is 1. The molecule has 2 N–H and O–H groups in total. The molecule has 1 aliphatic heterocycles. The molecular formula is C16H19N3OS. The van der Waals surface area contributed by atoms with Crippen molar-refractivity contribution in [2.45, 2.75) is 13.3 Å². The van der Waals surface area contributed by atoms with Crippen molar-refractivity contribution in [1.82, 2.24) is 9.88 Å². The van der Waals surface area contributed by atoms with Crippen molar-refractivity contribution in [2.75, 3.05) is 19.6 Å². The average Bonchev–Trinajstić information content (AvgIpc) is 3.14. The highest BCUT2D eigenvalue weighted by Gasteiger charge is 2.29. The number of aryl methyl sites for hydroxylation is 1. The number of carbonyl (C=O) groups excluding carboxylic acids is 1. The SMILES string of the molecule is Cc1nc(-c2ccccc2)c(C(=O)N2CC[C@H](CN)C2)s1. The average molecular weight is 301 g/mol. The van der Waals surface area contributed by atoms with E-state index in [1.807, 2.05) is 42.2 Å². The van der Waals surface area contributed by atoms with E-state index in [4.69, 9.17) is 5.73 Å². The number of hydrogen-bond donors (Lipinski definition) is 1. The summed E-state index contributed by atoms with van der Waals surface area (Å²) in [5, 5.41) is 0.923. The van der Waals surface area contributed by atoms with E-state index in [2.05, 4.69) is 4.98 Å². The highest BCUT2D eigenvalue weighted by atomic mass is 32.1.